The Morgan fingerprint density at radius 3 is 2.80 bits per heavy atom. The molecule has 1 unspecified atom stereocenters. The molecule has 30 heavy (non-hydrogen) atoms. The number of aliphatic hydroxyl groups excluding tert-OH is 1. The number of carbonyl (C=O) groups excluding carboxylic acids is 1. The predicted octanol–water partition coefficient (Wildman–Crippen LogP) is 1.99. The Labute approximate surface area is 178 Å². The van der Waals surface area contributed by atoms with Gasteiger partial charge in [-0.2, -0.15) is 10.1 Å². The van der Waals surface area contributed by atoms with E-state index in [1.165, 1.54) is 0 Å². The van der Waals surface area contributed by atoms with Gasteiger partial charge in [0, 0.05) is 37.4 Å². The van der Waals surface area contributed by atoms with Crippen LogP contribution < -0.4 is 10.2 Å². The lowest BCUT2D eigenvalue weighted by atomic mass is 10.0. The number of aliphatic hydroxyl groups is 1. The van der Waals surface area contributed by atoms with Gasteiger partial charge in [-0.3, -0.25) is 9.48 Å². The van der Waals surface area contributed by atoms with Crippen LogP contribution in [-0.4, -0.2) is 61.9 Å². The van der Waals surface area contributed by atoms with Crippen molar-refractivity contribution in [3.63, 3.8) is 0 Å². The fourth-order valence-electron chi connectivity index (χ4n) is 3.51. The summed E-state index contributed by atoms with van der Waals surface area (Å²) in [4.78, 5) is 25.3. The zero-order valence-corrected chi connectivity index (χ0v) is 17.2. The maximum Gasteiger partial charge on any atom is 0.242 e. The van der Waals surface area contributed by atoms with Crippen LogP contribution in [0.2, 0.25) is 5.02 Å². The Kier molecular flexibility index (Phi) is 5.82. The molecule has 1 aliphatic heterocycles. The number of nitrogens with one attached hydrogen (secondary N) is 1. The number of halogens is 1. The topological polar surface area (TPSA) is 99.4 Å². The zero-order valence-electron chi connectivity index (χ0n) is 16.4. The van der Waals surface area contributed by atoms with Crippen molar-refractivity contribution >= 4 is 35.1 Å². The van der Waals surface area contributed by atoms with Crippen LogP contribution in [0.4, 0.5) is 17.6 Å². The molecule has 2 N–H and O–H groups in total. The molecule has 1 atom stereocenters. The van der Waals surface area contributed by atoms with E-state index >= 15 is 0 Å². The molecule has 1 amide bonds. The first-order valence-electron chi connectivity index (χ1n) is 9.54. The molecule has 156 valence electrons. The van der Waals surface area contributed by atoms with E-state index in [9.17, 15) is 9.90 Å². The molecule has 1 saturated heterocycles. The minimum Gasteiger partial charge on any atom is -0.394 e. The van der Waals surface area contributed by atoms with E-state index in [2.05, 4.69) is 20.4 Å². The monoisotopic (exact) mass is 427 g/mol. The molecule has 3 aromatic rings. The van der Waals surface area contributed by atoms with Crippen LogP contribution in [0.15, 0.2) is 48.8 Å². The molecule has 0 spiro atoms. The summed E-state index contributed by atoms with van der Waals surface area (Å²) in [5, 5.41) is 17.7. The highest BCUT2D eigenvalue weighted by molar-refractivity contribution is 6.30. The molecule has 4 rings (SSSR count). The van der Waals surface area contributed by atoms with Crippen molar-refractivity contribution in [2.24, 2.45) is 7.05 Å². The summed E-state index contributed by atoms with van der Waals surface area (Å²) in [6.07, 6.45) is 3.34. The third kappa shape index (κ3) is 4.22. The van der Waals surface area contributed by atoms with Gasteiger partial charge >= 0.3 is 0 Å². The zero-order chi connectivity index (χ0) is 21.1. The second kappa shape index (κ2) is 8.68. The molecule has 0 radical (unpaired) electrons. The average Bonchev–Trinajstić information content (AvgIpc) is 3.14. The summed E-state index contributed by atoms with van der Waals surface area (Å²) < 4.78 is 1.68. The second-order valence-electron chi connectivity index (χ2n) is 6.97. The summed E-state index contributed by atoms with van der Waals surface area (Å²) in [5.74, 6) is 1.77. The standard InChI is InChI=1S/C20H22ClN7O2/c1-26-17(6-8-23-26)24-20-22-7-5-18(25-20)27-9-10-28(19(30)12-27)16(13-29)14-3-2-4-15(21)11-14/h2-8,11,16,29H,9-10,12-13H2,1H3,(H,22,24,25). The van der Waals surface area contributed by atoms with E-state index in [0.29, 0.717) is 29.9 Å². The number of amides is 1. The molecule has 1 fully saturated rings. The van der Waals surface area contributed by atoms with Crippen molar-refractivity contribution in [3.05, 3.63) is 59.4 Å². The molecule has 0 aliphatic carbocycles. The van der Waals surface area contributed by atoms with Gasteiger partial charge in [-0.15, -0.1) is 0 Å². The van der Waals surface area contributed by atoms with Crippen molar-refractivity contribution in [3.8, 4) is 0 Å². The van der Waals surface area contributed by atoms with Gasteiger partial charge in [0.15, 0.2) is 0 Å². The molecule has 0 bridgehead atoms. The van der Waals surface area contributed by atoms with Crippen LogP contribution in [0.25, 0.3) is 0 Å². The lowest BCUT2D eigenvalue weighted by Crippen LogP contribution is -2.52. The van der Waals surface area contributed by atoms with Crippen molar-refractivity contribution < 1.29 is 9.90 Å². The Balaban J connectivity index is 1.47. The highest BCUT2D eigenvalue weighted by atomic mass is 35.5. The van der Waals surface area contributed by atoms with Gasteiger partial charge < -0.3 is 20.2 Å². The number of rotatable bonds is 6. The third-order valence-electron chi connectivity index (χ3n) is 5.07. The van der Waals surface area contributed by atoms with Gasteiger partial charge in [0.1, 0.15) is 11.6 Å². The molecular weight excluding hydrogens is 406 g/mol. The average molecular weight is 428 g/mol. The Morgan fingerprint density at radius 1 is 1.23 bits per heavy atom. The molecule has 9 nitrogen and oxygen atoms in total. The molecular formula is C20H22ClN7O2. The lowest BCUT2D eigenvalue weighted by molar-refractivity contribution is -0.134. The number of carbonyl (C=O) groups is 1. The Morgan fingerprint density at radius 2 is 2.10 bits per heavy atom. The lowest BCUT2D eigenvalue weighted by Gasteiger charge is -2.39. The summed E-state index contributed by atoms with van der Waals surface area (Å²) in [5.41, 5.74) is 0.816. The minimum atomic E-state index is -0.425. The van der Waals surface area contributed by atoms with Crippen LogP contribution >= 0.6 is 11.6 Å². The number of benzene rings is 1. The first-order chi connectivity index (χ1) is 14.5. The molecule has 10 heteroatoms. The van der Waals surface area contributed by atoms with Gasteiger partial charge in [-0.1, -0.05) is 23.7 Å². The van der Waals surface area contributed by atoms with Crippen molar-refractivity contribution in [1.29, 1.82) is 0 Å². The number of hydrogen-bond donors (Lipinski definition) is 2. The van der Waals surface area contributed by atoms with Crippen molar-refractivity contribution in [1.82, 2.24) is 24.6 Å². The van der Waals surface area contributed by atoms with Crippen LogP contribution in [-0.2, 0) is 11.8 Å². The smallest absolute Gasteiger partial charge is 0.242 e. The Hall–Kier alpha value is -3.17. The highest BCUT2D eigenvalue weighted by Crippen LogP contribution is 2.26. The molecule has 0 saturated carbocycles. The van der Waals surface area contributed by atoms with Gasteiger partial charge in [-0.05, 0) is 23.8 Å². The first kappa shape index (κ1) is 20.1. The minimum absolute atomic E-state index is 0.0833. The van der Waals surface area contributed by atoms with E-state index in [1.807, 2.05) is 30.1 Å². The number of anilines is 3. The third-order valence-corrected chi connectivity index (χ3v) is 5.30. The number of aryl methyl sites for hydroxylation is 1. The fraction of sp³-hybridized carbons (Fsp3) is 0.300. The SMILES string of the molecule is Cn1nccc1Nc1nccc(N2CCN(C(CO)c3cccc(Cl)c3)C(=O)C2)n1. The summed E-state index contributed by atoms with van der Waals surface area (Å²) in [6.45, 7) is 1.05. The summed E-state index contributed by atoms with van der Waals surface area (Å²) in [6, 6.07) is 10.4. The van der Waals surface area contributed by atoms with E-state index in [1.54, 1.807) is 40.2 Å². The van der Waals surface area contributed by atoms with Crippen LogP contribution in [0.3, 0.4) is 0 Å². The fourth-order valence-corrected chi connectivity index (χ4v) is 3.70. The largest absolute Gasteiger partial charge is 0.394 e. The van der Waals surface area contributed by atoms with Crippen molar-refractivity contribution in [2.75, 3.05) is 36.5 Å². The first-order valence-corrected chi connectivity index (χ1v) is 9.92. The van der Waals surface area contributed by atoms with Crippen molar-refractivity contribution in [2.45, 2.75) is 6.04 Å². The Bertz CT molecular complexity index is 1040. The highest BCUT2D eigenvalue weighted by Gasteiger charge is 2.31. The quantitative estimate of drug-likeness (QED) is 0.620. The molecule has 3 heterocycles. The van der Waals surface area contributed by atoms with Crippen LogP contribution in [0.5, 0.6) is 0 Å². The predicted molar refractivity (Wildman–Crippen MR) is 114 cm³/mol. The van der Waals surface area contributed by atoms with E-state index in [4.69, 9.17) is 11.6 Å². The molecule has 2 aromatic heterocycles. The van der Waals surface area contributed by atoms with E-state index < -0.39 is 6.04 Å². The maximum absolute atomic E-state index is 12.9. The number of aromatic nitrogens is 4. The number of hydrogen-bond acceptors (Lipinski definition) is 7. The van der Waals surface area contributed by atoms with Gasteiger partial charge in [0.05, 0.1) is 25.4 Å². The van der Waals surface area contributed by atoms with Gasteiger partial charge in [-0.25, -0.2) is 4.98 Å². The van der Waals surface area contributed by atoms with Crippen LogP contribution in [0, 0.1) is 0 Å². The maximum atomic E-state index is 12.9. The molecule has 1 aliphatic rings. The summed E-state index contributed by atoms with van der Waals surface area (Å²) >= 11 is 6.08. The number of nitrogens with zero attached hydrogens (tertiary/aromatic N) is 6. The second-order valence-corrected chi connectivity index (χ2v) is 7.40. The number of piperazine rings is 1. The van der Waals surface area contributed by atoms with E-state index in [0.717, 1.165) is 11.4 Å². The van der Waals surface area contributed by atoms with Gasteiger partial charge in [0.25, 0.3) is 0 Å². The normalized spacial score (nSPS) is 15.4. The van der Waals surface area contributed by atoms with Gasteiger partial charge in [0.2, 0.25) is 11.9 Å². The molecule has 1 aromatic carbocycles. The summed E-state index contributed by atoms with van der Waals surface area (Å²) in [7, 11) is 1.82. The van der Waals surface area contributed by atoms with Crippen LogP contribution in [0.1, 0.15) is 11.6 Å². The van der Waals surface area contributed by atoms with E-state index in [-0.39, 0.29) is 19.1 Å².